The van der Waals surface area contributed by atoms with E-state index >= 15 is 0 Å². The number of hydrogen-bond donors (Lipinski definition) is 1. The second kappa shape index (κ2) is 5.11. The van der Waals surface area contributed by atoms with Gasteiger partial charge >= 0.3 is 0 Å². The van der Waals surface area contributed by atoms with E-state index < -0.39 is 0 Å². The minimum Gasteiger partial charge on any atom is -0.324 e. The normalized spacial score (nSPS) is 12.7. The molecule has 3 heteroatoms. The Morgan fingerprint density at radius 1 is 1.11 bits per heavy atom. The maximum absolute atomic E-state index is 13.2. The van der Waals surface area contributed by atoms with Gasteiger partial charge in [0, 0.05) is 10.7 Å². The topological polar surface area (TPSA) is 26.0 Å². The Balaban J connectivity index is 1.90. The zero-order valence-corrected chi connectivity index (χ0v) is 11.2. The van der Waals surface area contributed by atoms with E-state index in [1.807, 2.05) is 18.2 Å². The van der Waals surface area contributed by atoms with Crippen molar-refractivity contribution in [2.45, 2.75) is 12.5 Å². The van der Waals surface area contributed by atoms with Gasteiger partial charge in [-0.1, -0.05) is 30.3 Å². The molecule has 0 bridgehead atoms. The lowest BCUT2D eigenvalue weighted by Gasteiger charge is -2.11. The third-order valence-corrected chi connectivity index (χ3v) is 4.24. The van der Waals surface area contributed by atoms with Gasteiger partial charge < -0.3 is 5.73 Å². The summed E-state index contributed by atoms with van der Waals surface area (Å²) >= 11 is 1.70. The third-order valence-electron chi connectivity index (χ3n) is 3.26. The molecule has 0 radical (unpaired) electrons. The molecule has 1 aromatic heterocycles. The van der Waals surface area contributed by atoms with Crippen LogP contribution in [0.4, 0.5) is 4.39 Å². The highest BCUT2D eigenvalue weighted by Gasteiger charge is 2.12. The number of rotatable bonds is 3. The second-order valence-electron chi connectivity index (χ2n) is 4.63. The van der Waals surface area contributed by atoms with Crippen LogP contribution in [0, 0.1) is 5.82 Å². The highest BCUT2D eigenvalue weighted by Crippen LogP contribution is 2.30. The number of halogens is 1. The van der Waals surface area contributed by atoms with Crippen LogP contribution < -0.4 is 5.73 Å². The summed E-state index contributed by atoms with van der Waals surface area (Å²) in [4.78, 5) is 0. The molecule has 1 nitrogen and oxygen atoms in total. The molecule has 2 aromatic carbocycles. The monoisotopic (exact) mass is 271 g/mol. The number of benzene rings is 2. The average Bonchev–Trinajstić information content (AvgIpc) is 2.82. The molecule has 0 aliphatic rings. The molecule has 3 rings (SSSR count). The van der Waals surface area contributed by atoms with Crippen molar-refractivity contribution >= 4 is 21.4 Å². The fourth-order valence-corrected chi connectivity index (χ4v) is 3.34. The largest absolute Gasteiger partial charge is 0.324 e. The summed E-state index contributed by atoms with van der Waals surface area (Å²) in [6.45, 7) is 0. The molecule has 0 saturated carbocycles. The molecule has 0 fully saturated rings. The zero-order valence-electron chi connectivity index (χ0n) is 10.3. The van der Waals surface area contributed by atoms with E-state index in [1.54, 1.807) is 23.5 Å². The molecule has 0 saturated heterocycles. The van der Waals surface area contributed by atoms with Crippen LogP contribution >= 0.6 is 11.3 Å². The van der Waals surface area contributed by atoms with Crippen molar-refractivity contribution in [1.29, 1.82) is 0 Å². The quantitative estimate of drug-likeness (QED) is 0.756. The fraction of sp³-hybridized carbons (Fsp3) is 0.125. The van der Waals surface area contributed by atoms with Crippen LogP contribution in [0.25, 0.3) is 10.1 Å². The number of fused-ring (bicyclic) bond motifs is 1. The fourth-order valence-electron chi connectivity index (χ4n) is 2.31. The van der Waals surface area contributed by atoms with Gasteiger partial charge in [0.25, 0.3) is 0 Å². The summed E-state index contributed by atoms with van der Waals surface area (Å²) in [5, 5.41) is 3.31. The summed E-state index contributed by atoms with van der Waals surface area (Å²) in [5.41, 5.74) is 8.35. The van der Waals surface area contributed by atoms with Crippen LogP contribution in [0.1, 0.15) is 17.2 Å². The molecule has 0 aliphatic carbocycles. The number of hydrogen-bond acceptors (Lipinski definition) is 2. The van der Waals surface area contributed by atoms with E-state index in [4.69, 9.17) is 5.73 Å². The van der Waals surface area contributed by atoms with E-state index in [0.717, 1.165) is 11.1 Å². The first-order chi connectivity index (χ1) is 9.24. The van der Waals surface area contributed by atoms with Gasteiger partial charge in [0.2, 0.25) is 0 Å². The van der Waals surface area contributed by atoms with Gasteiger partial charge in [-0.15, -0.1) is 11.3 Å². The smallest absolute Gasteiger partial charge is 0.123 e. The van der Waals surface area contributed by atoms with E-state index in [-0.39, 0.29) is 11.9 Å². The SMILES string of the molecule is NC(Cc1cccc(F)c1)c1csc2ccccc12. The lowest BCUT2D eigenvalue weighted by Crippen LogP contribution is -2.12. The first kappa shape index (κ1) is 12.3. The van der Waals surface area contributed by atoms with Gasteiger partial charge in [0.1, 0.15) is 5.82 Å². The van der Waals surface area contributed by atoms with Crippen molar-refractivity contribution in [2.75, 3.05) is 0 Å². The van der Waals surface area contributed by atoms with Crippen molar-refractivity contribution in [3.63, 3.8) is 0 Å². The van der Waals surface area contributed by atoms with Crippen LogP contribution in [0.15, 0.2) is 53.9 Å². The second-order valence-corrected chi connectivity index (χ2v) is 5.54. The summed E-state index contributed by atoms with van der Waals surface area (Å²) in [5.74, 6) is -0.208. The summed E-state index contributed by atoms with van der Waals surface area (Å²) in [6, 6.07) is 14.8. The molecule has 0 amide bonds. The van der Waals surface area contributed by atoms with Gasteiger partial charge in [0.05, 0.1) is 0 Å². The molecular formula is C16H14FNS. The average molecular weight is 271 g/mol. The van der Waals surface area contributed by atoms with E-state index in [0.29, 0.717) is 6.42 Å². The standard InChI is InChI=1S/C16H14FNS/c17-12-5-3-4-11(8-12)9-15(18)14-10-19-16-7-2-1-6-13(14)16/h1-8,10,15H,9,18H2. The minimum atomic E-state index is -0.208. The Bertz CT molecular complexity index is 705. The molecular weight excluding hydrogens is 257 g/mol. The maximum atomic E-state index is 13.2. The highest BCUT2D eigenvalue weighted by atomic mass is 32.1. The van der Waals surface area contributed by atoms with Crippen molar-refractivity contribution in [1.82, 2.24) is 0 Å². The van der Waals surface area contributed by atoms with Crippen LogP contribution in [0.5, 0.6) is 0 Å². The van der Waals surface area contributed by atoms with Crippen molar-refractivity contribution in [3.05, 3.63) is 70.9 Å². The van der Waals surface area contributed by atoms with Crippen LogP contribution in [0.3, 0.4) is 0 Å². The van der Waals surface area contributed by atoms with E-state index in [9.17, 15) is 4.39 Å². The van der Waals surface area contributed by atoms with Gasteiger partial charge in [-0.25, -0.2) is 4.39 Å². The molecule has 0 aliphatic heterocycles. The Labute approximate surface area is 115 Å². The molecule has 1 unspecified atom stereocenters. The third kappa shape index (κ3) is 2.53. The first-order valence-corrected chi connectivity index (χ1v) is 7.08. The number of thiophene rings is 1. The molecule has 3 aromatic rings. The van der Waals surface area contributed by atoms with Gasteiger partial charge in [0.15, 0.2) is 0 Å². The highest BCUT2D eigenvalue weighted by molar-refractivity contribution is 7.17. The van der Waals surface area contributed by atoms with Gasteiger partial charge in [-0.3, -0.25) is 0 Å². The summed E-state index contributed by atoms with van der Waals surface area (Å²) < 4.78 is 14.4. The van der Waals surface area contributed by atoms with Gasteiger partial charge in [-0.05, 0) is 46.5 Å². The Hall–Kier alpha value is -1.71. The number of nitrogens with two attached hydrogens (primary N) is 1. The van der Waals surface area contributed by atoms with Crippen molar-refractivity contribution in [3.8, 4) is 0 Å². The maximum Gasteiger partial charge on any atom is 0.123 e. The van der Waals surface area contributed by atoms with Crippen LogP contribution in [0.2, 0.25) is 0 Å². The predicted octanol–water partition coefficient (Wildman–Crippen LogP) is 4.28. The Kier molecular flexibility index (Phi) is 3.32. The first-order valence-electron chi connectivity index (χ1n) is 6.20. The lowest BCUT2D eigenvalue weighted by molar-refractivity contribution is 0.622. The van der Waals surface area contributed by atoms with E-state index in [1.165, 1.54) is 16.2 Å². The molecule has 0 spiro atoms. The predicted molar refractivity (Wildman–Crippen MR) is 78.9 cm³/mol. The Morgan fingerprint density at radius 2 is 1.95 bits per heavy atom. The molecule has 1 heterocycles. The molecule has 19 heavy (non-hydrogen) atoms. The summed E-state index contributed by atoms with van der Waals surface area (Å²) in [7, 11) is 0. The molecule has 1 atom stereocenters. The van der Waals surface area contributed by atoms with Gasteiger partial charge in [-0.2, -0.15) is 0 Å². The molecule has 96 valence electrons. The van der Waals surface area contributed by atoms with Crippen molar-refractivity contribution < 1.29 is 4.39 Å². The van der Waals surface area contributed by atoms with Crippen molar-refractivity contribution in [2.24, 2.45) is 5.73 Å². The lowest BCUT2D eigenvalue weighted by atomic mass is 9.99. The summed E-state index contributed by atoms with van der Waals surface area (Å²) in [6.07, 6.45) is 0.651. The molecule has 2 N–H and O–H groups in total. The van der Waals surface area contributed by atoms with Crippen LogP contribution in [-0.2, 0) is 6.42 Å². The Morgan fingerprint density at radius 3 is 2.79 bits per heavy atom. The zero-order chi connectivity index (χ0) is 13.2. The van der Waals surface area contributed by atoms with E-state index in [2.05, 4.69) is 17.5 Å². The van der Waals surface area contributed by atoms with Crippen LogP contribution in [-0.4, -0.2) is 0 Å². The minimum absolute atomic E-state index is 0.0991.